The zero-order valence-electron chi connectivity index (χ0n) is 24.2. The summed E-state index contributed by atoms with van der Waals surface area (Å²) in [5.41, 5.74) is 1.66. The van der Waals surface area contributed by atoms with Crippen LogP contribution in [-0.4, -0.2) is 35.2 Å². The quantitative estimate of drug-likeness (QED) is 0.183. The highest BCUT2D eigenvalue weighted by atomic mass is 16.5. The first-order chi connectivity index (χ1) is 17.4. The standard InChI is InChI=1S/C32H51NO4/c1-8-37-27(35)32-16-11-21(20(2)3)26(32)22-9-10-24-28(4)14-13-25(33-36)29(5,19-34)23(28)12-15-31(24,7)30(22,6)17-18-32/h21-24,26,34,36H,2,8-19H2,1,3-7H3/b33-25+/t21-,22+,23+,24+,26+,28-,29-,30+,31+,32-/m0/s1. The zero-order chi connectivity index (χ0) is 27.0. The smallest absolute Gasteiger partial charge is 0.312 e. The molecule has 0 amide bonds. The Bertz CT molecular complexity index is 991. The third-order valence-corrected chi connectivity index (χ3v) is 13.8. The van der Waals surface area contributed by atoms with E-state index in [0.29, 0.717) is 36.2 Å². The molecule has 0 bridgehead atoms. The fraction of sp³-hybridized carbons (Fsp3) is 0.875. The maximum absolute atomic E-state index is 13.6. The van der Waals surface area contributed by atoms with Crippen LogP contribution in [-0.2, 0) is 9.53 Å². The van der Waals surface area contributed by atoms with E-state index >= 15 is 0 Å². The lowest BCUT2D eigenvalue weighted by atomic mass is 9.32. The second-order valence-electron chi connectivity index (χ2n) is 14.7. The molecule has 2 N–H and O–H groups in total. The Kier molecular flexibility index (Phi) is 6.49. The first-order valence-corrected chi connectivity index (χ1v) is 15.0. The van der Waals surface area contributed by atoms with Crippen LogP contribution in [0.5, 0.6) is 0 Å². The minimum Gasteiger partial charge on any atom is -0.466 e. The highest BCUT2D eigenvalue weighted by molar-refractivity contribution is 5.91. The van der Waals surface area contributed by atoms with E-state index in [1.807, 2.05) is 6.92 Å². The SMILES string of the molecule is C=C(C)[C@@H]1CC[C@]2(C(=O)OCC)CC[C@]3(C)[C@H](CC[C@@H]4[C@@]5(C)CC/C(=N\O)[C@@](C)(CO)[C@@H]5CC[C@]43C)[C@@H]12. The Labute approximate surface area is 224 Å². The number of aliphatic hydroxyl groups excluding tert-OH is 1. The maximum Gasteiger partial charge on any atom is 0.312 e. The minimum atomic E-state index is -0.455. The van der Waals surface area contributed by atoms with E-state index in [0.717, 1.165) is 63.5 Å². The van der Waals surface area contributed by atoms with Crippen LogP contribution in [0.4, 0.5) is 0 Å². The molecule has 0 aromatic carbocycles. The molecule has 5 saturated carbocycles. The molecule has 0 spiro atoms. The van der Waals surface area contributed by atoms with Crippen molar-refractivity contribution in [2.75, 3.05) is 13.2 Å². The van der Waals surface area contributed by atoms with Crippen LogP contribution in [0.3, 0.4) is 0 Å². The number of nitrogens with zero attached hydrogens (tertiary/aromatic N) is 1. The van der Waals surface area contributed by atoms with Crippen LogP contribution in [0.2, 0.25) is 0 Å². The second-order valence-corrected chi connectivity index (χ2v) is 14.7. The zero-order valence-corrected chi connectivity index (χ0v) is 24.2. The van der Waals surface area contributed by atoms with Gasteiger partial charge >= 0.3 is 5.97 Å². The van der Waals surface area contributed by atoms with Crippen LogP contribution in [0.15, 0.2) is 17.3 Å². The molecule has 5 heteroatoms. The first kappa shape index (κ1) is 27.2. The fourth-order valence-electron chi connectivity index (χ4n) is 11.8. The number of hydrogen-bond acceptors (Lipinski definition) is 5. The summed E-state index contributed by atoms with van der Waals surface area (Å²) in [4.78, 5) is 13.6. The highest BCUT2D eigenvalue weighted by Crippen LogP contribution is 2.77. The summed E-state index contributed by atoms with van der Waals surface area (Å²) in [6.45, 7) is 18.8. The molecule has 5 nitrogen and oxygen atoms in total. The largest absolute Gasteiger partial charge is 0.466 e. The molecule has 0 aromatic rings. The molecule has 10 atom stereocenters. The average molecular weight is 514 g/mol. The molecular formula is C32H51NO4. The number of esters is 1. The van der Waals surface area contributed by atoms with Gasteiger partial charge in [-0.3, -0.25) is 4.79 Å². The van der Waals surface area contributed by atoms with E-state index in [9.17, 15) is 15.1 Å². The van der Waals surface area contributed by atoms with Crippen molar-refractivity contribution in [3.63, 3.8) is 0 Å². The molecule has 0 radical (unpaired) electrons. The Morgan fingerprint density at radius 3 is 2.35 bits per heavy atom. The Balaban J connectivity index is 1.56. The Morgan fingerprint density at radius 1 is 1.00 bits per heavy atom. The van der Waals surface area contributed by atoms with E-state index < -0.39 is 5.41 Å². The van der Waals surface area contributed by atoms with Crippen LogP contribution >= 0.6 is 0 Å². The van der Waals surface area contributed by atoms with Gasteiger partial charge < -0.3 is 15.1 Å². The number of fused-ring (bicyclic) bond motifs is 7. The van der Waals surface area contributed by atoms with E-state index in [1.54, 1.807) is 0 Å². The van der Waals surface area contributed by atoms with Gasteiger partial charge in [-0.05, 0) is 124 Å². The van der Waals surface area contributed by atoms with E-state index in [4.69, 9.17) is 4.74 Å². The van der Waals surface area contributed by atoms with Gasteiger partial charge in [0.15, 0.2) is 0 Å². The van der Waals surface area contributed by atoms with Crippen LogP contribution < -0.4 is 0 Å². The molecule has 0 heterocycles. The topological polar surface area (TPSA) is 79.1 Å². The van der Waals surface area contributed by atoms with Gasteiger partial charge in [-0.2, -0.15) is 0 Å². The lowest BCUT2D eigenvalue weighted by Crippen LogP contribution is -2.67. The monoisotopic (exact) mass is 513 g/mol. The van der Waals surface area contributed by atoms with Gasteiger partial charge in [0.1, 0.15) is 0 Å². The van der Waals surface area contributed by atoms with Crippen molar-refractivity contribution in [3.8, 4) is 0 Å². The summed E-state index contributed by atoms with van der Waals surface area (Å²) in [6.07, 6.45) is 10.3. The molecule has 37 heavy (non-hydrogen) atoms. The molecule has 5 fully saturated rings. The van der Waals surface area contributed by atoms with Gasteiger partial charge in [0, 0.05) is 5.41 Å². The van der Waals surface area contributed by atoms with Crippen LogP contribution in [0.25, 0.3) is 0 Å². The van der Waals surface area contributed by atoms with Crippen LogP contribution in [0.1, 0.15) is 106 Å². The van der Waals surface area contributed by atoms with E-state index in [1.165, 1.54) is 12.0 Å². The molecule has 208 valence electrons. The summed E-state index contributed by atoms with van der Waals surface area (Å²) in [5.74, 6) is 2.16. The molecule has 5 aliphatic carbocycles. The molecule has 5 rings (SSSR count). The summed E-state index contributed by atoms with van der Waals surface area (Å²) in [7, 11) is 0. The summed E-state index contributed by atoms with van der Waals surface area (Å²) in [6, 6.07) is 0. The number of carbonyl (C=O) groups excluding carboxylic acids is 1. The number of oxime groups is 1. The number of allylic oxidation sites excluding steroid dienone is 1. The van der Waals surface area contributed by atoms with E-state index in [-0.39, 0.29) is 34.2 Å². The van der Waals surface area contributed by atoms with Crippen molar-refractivity contribution >= 4 is 11.7 Å². The van der Waals surface area contributed by atoms with Gasteiger partial charge in [0.05, 0.1) is 24.3 Å². The molecular weight excluding hydrogens is 462 g/mol. The lowest BCUT2D eigenvalue weighted by Gasteiger charge is -2.72. The van der Waals surface area contributed by atoms with Crippen molar-refractivity contribution in [1.29, 1.82) is 0 Å². The summed E-state index contributed by atoms with van der Waals surface area (Å²) >= 11 is 0. The van der Waals surface area contributed by atoms with Gasteiger partial charge in [-0.25, -0.2) is 0 Å². The molecule has 0 aliphatic heterocycles. The summed E-state index contributed by atoms with van der Waals surface area (Å²) in [5, 5.41) is 24.1. The number of hydrogen-bond donors (Lipinski definition) is 2. The predicted octanol–water partition coefficient (Wildman–Crippen LogP) is 7.01. The fourth-order valence-corrected chi connectivity index (χ4v) is 11.8. The van der Waals surface area contributed by atoms with Gasteiger partial charge in [-0.15, -0.1) is 0 Å². The Hall–Kier alpha value is -1.36. The highest BCUT2D eigenvalue weighted by Gasteiger charge is 2.72. The van der Waals surface area contributed by atoms with Crippen molar-refractivity contribution in [3.05, 3.63) is 12.2 Å². The van der Waals surface area contributed by atoms with Gasteiger partial charge in [0.25, 0.3) is 0 Å². The predicted molar refractivity (Wildman–Crippen MR) is 146 cm³/mol. The molecule has 5 aliphatic rings. The lowest BCUT2D eigenvalue weighted by molar-refractivity contribution is -0.233. The molecule has 0 unspecified atom stereocenters. The van der Waals surface area contributed by atoms with Crippen molar-refractivity contribution in [1.82, 2.24) is 0 Å². The van der Waals surface area contributed by atoms with Gasteiger partial charge in [-0.1, -0.05) is 45.0 Å². The summed E-state index contributed by atoms with van der Waals surface area (Å²) < 4.78 is 5.78. The first-order valence-electron chi connectivity index (χ1n) is 15.0. The Morgan fingerprint density at radius 2 is 1.73 bits per heavy atom. The van der Waals surface area contributed by atoms with Crippen molar-refractivity contribution in [2.45, 2.75) is 106 Å². The number of ether oxygens (including phenoxy) is 1. The van der Waals surface area contributed by atoms with E-state index in [2.05, 4.69) is 46.4 Å². The molecule has 0 saturated heterocycles. The number of carbonyl (C=O) groups is 1. The van der Waals surface area contributed by atoms with Crippen LogP contribution in [0, 0.1) is 56.7 Å². The minimum absolute atomic E-state index is 0.0421. The van der Waals surface area contributed by atoms with Crippen molar-refractivity contribution < 1.29 is 19.8 Å². The average Bonchev–Trinajstić information content (AvgIpc) is 3.26. The van der Waals surface area contributed by atoms with Crippen molar-refractivity contribution in [2.24, 2.45) is 61.8 Å². The third kappa shape index (κ3) is 3.31. The molecule has 0 aromatic heterocycles. The maximum atomic E-state index is 13.6. The normalized spacial score (nSPS) is 52.0. The number of rotatable bonds is 4. The second kappa shape index (κ2) is 8.83. The van der Waals surface area contributed by atoms with Gasteiger partial charge in [0.2, 0.25) is 0 Å². The number of aliphatic hydroxyl groups is 1. The third-order valence-electron chi connectivity index (χ3n) is 13.8.